The van der Waals surface area contributed by atoms with Crippen molar-refractivity contribution in [3.63, 3.8) is 0 Å². The zero-order chi connectivity index (χ0) is 14.7. The largest absolute Gasteiger partial charge is 0.365 e. The summed E-state index contributed by atoms with van der Waals surface area (Å²) in [7, 11) is 0. The van der Waals surface area contributed by atoms with Gasteiger partial charge < -0.3 is 15.5 Å². The number of hydrogen-bond donors (Lipinski definition) is 1. The van der Waals surface area contributed by atoms with Gasteiger partial charge in [-0.25, -0.2) is 9.37 Å². The molecule has 1 aromatic carbocycles. The van der Waals surface area contributed by atoms with Gasteiger partial charge in [0.1, 0.15) is 5.82 Å². The smallest absolute Gasteiger partial charge is 0.185 e. The molecule has 2 aromatic rings. The van der Waals surface area contributed by atoms with Crippen LogP contribution < -0.4 is 15.5 Å². The van der Waals surface area contributed by atoms with Crippen molar-refractivity contribution in [3.05, 3.63) is 41.2 Å². The van der Waals surface area contributed by atoms with Crippen molar-refractivity contribution < 1.29 is 4.39 Å². The number of hydrogen-bond acceptors (Lipinski definition) is 5. The van der Waals surface area contributed by atoms with Crippen molar-refractivity contribution in [1.29, 1.82) is 0 Å². The van der Waals surface area contributed by atoms with Gasteiger partial charge in [0.25, 0.3) is 0 Å². The molecule has 0 amide bonds. The lowest BCUT2D eigenvalue weighted by Crippen LogP contribution is -2.47. The monoisotopic (exact) mass is 306 g/mol. The molecule has 0 radical (unpaired) electrons. The Hall–Kier alpha value is -1.66. The number of benzene rings is 1. The molecular weight excluding hydrogens is 287 g/mol. The van der Waals surface area contributed by atoms with E-state index in [9.17, 15) is 4.39 Å². The Kier molecular flexibility index (Phi) is 4.36. The Balaban J connectivity index is 1.75. The van der Waals surface area contributed by atoms with Crippen molar-refractivity contribution in [3.8, 4) is 0 Å². The minimum absolute atomic E-state index is 0.149. The summed E-state index contributed by atoms with van der Waals surface area (Å²) in [6.45, 7) is 3.87. The minimum Gasteiger partial charge on any atom is -0.365 e. The first-order valence-corrected chi connectivity index (χ1v) is 8.04. The number of anilines is 2. The summed E-state index contributed by atoms with van der Waals surface area (Å²) in [6.07, 6.45) is 2.53. The van der Waals surface area contributed by atoms with Gasteiger partial charge in [0.15, 0.2) is 5.13 Å². The second-order valence-electron chi connectivity index (χ2n) is 5.08. The van der Waals surface area contributed by atoms with Crippen LogP contribution in [0, 0.1) is 5.82 Å². The van der Waals surface area contributed by atoms with Crippen LogP contribution in [0.1, 0.15) is 5.56 Å². The minimum atomic E-state index is -0.149. The summed E-state index contributed by atoms with van der Waals surface area (Å²) in [5.74, 6) is -0.149. The third-order valence-corrected chi connectivity index (χ3v) is 4.60. The normalized spacial score (nSPS) is 15.5. The quantitative estimate of drug-likeness (QED) is 0.940. The van der Waals surface area contributed by atoms with Gasteiger partial charge in [-0.15, -0.1) is 11.3 Å². The SMILES string of the molecule is NCCc1cccc(F)c1N1CCN(c2nccs2)CC1. The molecule has 1 fully saturated rings. The van der Waals surface area contributed by atoms with Crippen molar-refractivity contribution >= 4 is 22.2 Å². The van der Waals surface area contributed by atoms with Crippen molar-refractivity contribution in [2.75, 3.05) is 42.5 Å². The van der Waals surface area contributed by atoms with Crippen LogP contribution in [0.2, 0.25) is 0 Å². The second kappa shape index (κ2) is 6.41. The van der Waals surface area contributed by atoms with Gasteiger partial charge in [-0.1, -0.05) is 12.1 Å². The first-order valence-electron chi connectivity index (χ1n) is 7.16. The average Bonchev–Trinajstić information content (AvgIpc) is 3.02. The molecule has 0 unspecified atom stereocenters. The molecule has 2 N–H and O–H groups in total. The number of rotatable bonds is 4. The highest BCUT2D eigenvalue weighted by Gasteiger charge is 2.22. The third-order valence-electron chi connectivity index (χ3n) is 3.77. The Bertz CT molecular complexity index is 579. The molecule has 21 heavy (non-hydrogen) atoms. The molecule has 6 heteroatoms. The van der Waals surface area contributed by atoms with Gasteiger partial charge in [0.05, 0.1) is 5.69 Å². The molecule has 0 bridgehead atoms. The predicted octanol–water partition coefficient (Wildman–Crippen LogP) is 2.11. The standard InChI is InChI=1S/C15H19FN4S/c16-13-3-1-2-12(4-5-17)14(13)19-7-9-20(10-8-19)15-18-6-11-21-15/h1-3,6,11H,4-5,7-10,17H2. The van der Waals surface area contributed by atoms with E-state index in [0.29, 0.717) is 13.0 Å². The topological polar surface area (TPSA) is 45.4 Å². The van der Waals surface area contributed by atoms with Gasteiger partial charge in [-0.2, -0.15) is 0 Å². The van der Waals surface area contributed by atoms with Crippen LogP contribution in [-0.2, 0) is 6.42 Å². The summed E-state index contributed by atoms with van der Waals surface area (Å²) < 4.78 is 14.2. The third kappa shape index (κ3) is 3.01. The van der Waals surface area contributed by atoms with E-state index in [-0.39, 0.29) is 5.82 Å². The van der Waals surface area contributed by atoms with E-state index >= 15 is 0 Å². The number of nitrogens with two attached hydrogens (primary N) is 1. The van der Waals surface area contributed by atoms with Gasteiger partial charge >= 0.3 is 0 Å². The zero-order valence-corrected chi connectivity index (χ0v) is 12.7. The van der Waals surface area contributed by atoms with Crippen LogP contribution in [0.4, 0.5) is 15.2 Å². The molecule has 0 spiro atoms. The summed E-state index contributed by atoms with van der Waals surface area (Å²) in [4.78, 5) is 8.72. The van der Waals surface area contributed by atoms with E-state index < -0.39 is 0 Å². The lowest BCUT2D eigenvalue weighted by atomic mass is 10.1. The zero-order valence-electron chi connectivity index (χ0n) is 11.8. The second-order valence-corrected chi connectivity index (χ2v) is 5.95. The van der Waals surface area contributed by atoms with Crippen molar-refractivity contribution in [2.45, 2.75) is 6.42 Å². The predicted molar refractivity (Wildman–Crippen MR) is 85.7 cm³/mol. The molecule has 3 rings (SSSR count). The first kappa shape index (κ1) is 14.3. The number of halogens is 1. The average molecular weight is 306 g/mol. The van der Waals surface area contributed by atoms with Crippen molar-refractivity contribution in [2.24, 2.45) is 5.73 Å². The van der Waals surface area contributed by atoms with E-state index in [4.69, 9.17) is 5.73 Å². The summed E-state index contributed by atoms with van der Waals surface area (Å²) >= 11 is 1.65. The van der Waals surface area contributed by atoms with E-state index in [1.54, 1.807) is 17.4 Å². The highest BCUT2D eigenvalue weighted by atomic mass is 32.1. The molecule has 4 nitrogen and oxygen atoms in total. The van der Waals surface area contributed by atoms with Crippen molar-refractivity contribution in [1.82, 2.24) is 4.98 Å². The lowest BCUT2D eigenvalue weighted by molar-refractivity contribution is 0.594. The first-order chi connectivity index (χ1) is 10.3. The molecule has 0 aliphatic carbocycles. The molecule has 0 saturated carbocycles. The lowest BCUT2D eigenvalue weighted by Gasteiger charge is -2.37. The summed E-state index contributed by atoms with van der Waals surface area (Å²) in [5, 5.41) is 3.03. The van der Waals surface area contributed by atoms with Gasteiger partial charge in [-0.3, -0.25) is 0 Å². The summed E-state index contributed by atoms with van der Waals surface area (Å²) in [5.41, 5.74) is 7.36. The Morgan fingerprint density at radius 1 is 1.19 bits per heavy atom. The number of piperazine rings is 1. The van der Waals surface area contributed by atoms with E-state index in [2.05, 4.69) is 14.8 Å². The fourth-order valence-corrected chi connectivity index (χ4v) is 3.46. The highest BCUT2D eigenvalue weighted by Crippen LogP contribution is 2.27. The van der Waals surface area contributed by atoms with E-state index in [0.717, 1.165) is 42.6 Å². The highest BCUT2D eigenvalue weighted by molar-refractivity contribution is 7.13. The maximum absolute atomic E-state index is 14.2. The molecule has 2 heterocycles. The molecule has 1 aliphatic heterocycles. The molecule has 112 valence electrons. The van der Waals surface area contributed by atoms with Gasteiger partial charge in [0.2, 0.25) is 0 Å². The number of thiazole rings is 1. The molecular formula is C15H19FN4S. The van der Waals surface area contributed by atoms with E-state index in [1.807, 2.05) is 17.6 Å². The van der Waals surface area contributed by atoms with Crippen LogP contribution >= 0.6 is 11.3 Å². The Morgan fingerprint density at radius 2 is 1.95 bits per heavy atom. The Morgan fingerprint density at radius 3 is 2.62 bits per heavy atom. The summed E-state index contributed by atoms with van der Waals surface area (Å²) in [6, 6.07) is 5.26. The molecule has 1 aromatic heterocycles. The van der Waals surface area contributed by atoms with Crippen LogP contribution in [0.25, 0.3) is 0 Å². The number of aromatic nitrogens is 1. The molecule has 1 aliphatic rings. The fraction of sp³-hybridized carbons (Fsp3) is 0.400. The Labute approximate surface area is 128 Å². The van der Waals surface area contributed by atoms with Gasteiger partial charge in [-0.05, 0) is 24.6 Å². The molecule has 0 atom stereocenters. The number of nitrogens with zero attached hydrogens (tertiary/aromatic N) is 3. The fourth-order valence-electron chi connectivity index (χ4n) is 2.76. The number of para-hydroxylation sites is 1. The van der Waals surface area contributed by atoms with Crippen LogP contribution in [0.15, 0.2) is 29.8 Å². The van der Waals surface area contributed by atoms with Gasteiger partial charge in [0, 0.05) is 37.8 Å². The maximum atomic E-state index is 14.2. The van der Waals surface area contributed by atoms with Crippen LogP contribution in [0.5, 0.6) is 0 Å². The maximum Gasteiger partial charge on any atom is 0.185 e. The van der Waals surface area contributed by atoms with Crippen LogP contribution in [0.3, 0.4) is 0 Å². The van der Waals surface area contributed by atoms with E-state index in [1.165, 1.54) is 6.07 Å². The molecule has 1 saturated heterocycles. The van der Waals surface area contributed by atoms with Crippen LogP contribution in [-0.4, -0.2) is 37.7 Å².